The molecule has 0 amide bonds. The summed E-state index contributed by atoms with van der Waals surface area (Å²) in [5.74, 6) is 0.768. The van der Waals surface area contributed by atoms with Crippen molar-refractivity contribution in [1.29, 1.82) is 0 Å². The average Bonchev–Trinajstić information content (AvgIpc) is 3.07. The third-order valence-electron chi connectivity index (χ3n) is 3.77. The van der Waals surface area contributed by atoms with Gasteiger partial charge in [0.05, 0.1) is 17.6 Å². The highest BCUT2D eigenvalue weighted by molar-refractivity contribution is 5.31. The molecule has 5 nitrogen and oxygen atoms in total. The van der Waals surface area contributed by atoms with Crippen LogP contribution in [0.5, 0.6) is 0 Å². The SMILES string of the molecule is Cc1nc(CN(C)Cc2cnn(-c3ccc(F)cc3)c2)cn1C. The monoisotopic (exact) mass is 313 g/mol. The maximum absolute atomic E-state index is 13.0. The molecule has 0 saturated heterocycles. The van der Waals surface area contributed by atoms with Crippen LogP contribution in [0.3, 0.4) is 0 Å². The Balaban J connectivity index is 1.65. The summed E-state index contributed by atoms with van der Waals surface area (Å²) in [5.41, 5.74) is 3.00. The first kappa shape index (κ1) is 15.4. The molecular weight excluding hydrogens is 293 g/mol. The Morgan fingerprint density at radius 1 is 1.13 bits per heavy atom. The lowest BCUT2D eigenvalue weighted by Crippen LogP contribution is -2.17. The van der Waals surface area contributed by atoms with Crippen molar-refractivity contribution < 1.29 is 4.39 Å². The van der Waals surface area contributed by atoms with Crippen molar-refractivity contribution >= 4 is 0 Å². The fourth-order valence-electron chi connectivity index (χ4n) is 2.53. The highest BCUT2D eigenvalue weighted by Gasteiger charge is 2.08. The summed E-state index contributed by atoms with van der Waals surface area (Å²) in [6, 6.07) is 6.30. The van der Waals surface area contributed by atoms with Crippen molar-refractivity contribution in [3.05, 3.63) is 65.8 Å². The number of rotatable bonds is 5. The van der Waals surface area contributed by atoms with Gasteiger partial charge in [0.2, 0.25) is 0 Å². The Morgan fingerprint density at radius 2 is 1.87 bits per heavy atom. The Morgan fingerprint density at radius 3 is 2.52 bits per heavy atom. The van der Waals surface area contributed by atoms with Crippen LogP contribution in [0, 0.1) is 12.7 Å². The van der Waals surface area contributed by atoms with E-state index in [2.05, 4.69) is 22.0 Å². The van der Waals surface area contributed by atoms with Crippen molar-refractivity contribution in [3.63, 3.8) is 0 Å². The first-order valence-electron chi connectivity index (χ1n) is 7.48. The van der Waals surface area contributed by atoms with Gasteiger partial charge in [-0.1, -0.05) is 0 Å². The average molecular weight is 313 g/mol. The molecule has 0 spiro atoms. The lowest BCUT2D eigenvalue weighted by molar-refractivity contribution is 0.315. The summed E-state index contributed by atoms with van der Waals surface area (Å²) in [6.07, 6.45) is 5.85. The van der Waals surface area contributed by atoms with E-state index in [1.807, 2.05) is 37.1 Å². The number of imidazole rings is 1. The molecule has 1 aromatic carbocycles. The molecule has 23 heavy (non-hydrogen) atoms. The Bertz CT molecular complexity index is 768. The van der Waals surface area contributed by atoms with Crippen LogP contribution in [0.15, 0.2) is 42.9 Å². The maximum Gasteiger partial charge on any atom is 0.123 e. The molecule has 0 aliphatic heterocycles. The number of hydrogen-bond acceptors (Lipinski definition) is 3. The van der Waals surface area contributed by atoms with E-state index in [1.54, 1.807) is 16.8 Å². The van der Waals surface area contributed by atoms with Gasteiger partial charge in [0.25, 0.3) is 0 Å². The second-order valence-electron chi connectivity index (χ2n) is 5.83. The van der Waals surface area contributed by atoms with Crippen LogP contribution >= 0.6 is 0 Å². The van der Waals surface area contributed by atoms with E-state index >= 15 is 0 Å². The van der Waals surface area contributed by atoms with Gasteiger partial charge in [-0.2, -0.15) is 5.10 Å². The molecule has 2 aromatic heterocycles. The van der Waals surface area contributed by atoms with Crippen molar-refractivity contribution in [1.82, 2.24) is 24.2 Å². The third kappa shape index (κ3) is 3.65. The van der Waals surface area contributed by atoms with Crippen molar-refractivity contribution in [2.45, 2.75) is 20.0 Å². The number of halogens is 1. The van der Waals surface area contributed by atoms with E-state index in [0.29, 0.717) is 0 Å². The minimum absolute atomic E-state index is 0.244. The molecule has 3 rings (SSSR count). The van der Waals surface area contributed by atoms with Crippen LogP contribution in [-0.2, 0) is 20.1 Å². The van der Waals surface area contributed by atoms with E-state index < -0.39 is 0 Å². The van der Waals surface area contributed by atoms with Gasteiger partial charge in [-0.15, -0.1) is 0 Å². The van der Waals surface area contributed by atoms with Crippen LogP contribution in [0.2, 0.25) is 0 Å². The molecule has 3 aromatic rings. The molecule has 6 heteroatoms. The zero-order valence-electron chi connectivity index (χ0n) is 13.6. The molecule has 0 aliphatic rings. The summed E-state index contributed by atoms with van der Waals surface area (Å²) in [4.78, 5) is 6.71. The topological polar surface area (TPSA) is 38.9 Å². The fourth-order valence-corrected chi connectivity index (χ4v) is 2.53. The van der Waals surface area contributed by atoms with Crippen molar-refractivity contribution in [3.8, 4) is 5.69 Å². The molecule has 0 aliphatic carbocycles. The van der Waals surface area contributed by atoms with Gasteiger partial charge >= 0.3 is 0 Å². The molecule has 2 heterocycles. The predicted molar refractivity (Wildman–Crippen MR) is 86.6 cm³/mol. The molecule has 0 fully saturated rings. The summed E-state index contributed by atoms with van der Waals surface area (Å²) in [7, 11) is 4.05. The minimum Gasteiger partial charge on any atom is -0.338 e. The van der Waals surface area contributed by atoms with E-state index in [1.165, 1.54) is 12.1 Å². The zero-order chi connectivity index (χ0) is 16.4. The lowest BCUT2D eigenvalue weighted by Gasteiger charge is -2.13. The van der Waals surface area contributed by atoms with Crippen LogP contribution in [0.4, 0.5) is 4.39 Å². The van der Waals surface area contributed by atoms with Crippen LogP contribution in [0.1, 0.15) is 17.1 Å². The van der Waals surface area contributed by atoms with E-state index in [-0.39, 0.29) is 5.82 Å². The lowest BCUT2D eigenvalue weighted by atomic mass is 10.3. The van der Waals surface area contributed by atoms with Crippen molar-refractivity contribution in [2.75, 3.05) is 7.05 Å². The first-order valence-corrected chi connectivity index (χ1v) is 7.48. The smallest absolute Gasteiger partial charge is 0.123 e. The summed E-state index contributed by atoms with van der Waals surface area (Å²) >= 11 is 0. The molecular formula is C17H20FN5. The first-order chi connectivity index (χ1) is 11.0. The van der Waals surface area contributed by atoms with Gasteiger partial charge in [-0.3, -0.25) is 4.90 Å². The van der Waals surface area contributed by atoms with Gasteiger partial charge in [0.15, 0.2) is 0 Å². The van der Waals surface area contributed by atoms with Crippen LogP contribution in [-0.4, -0.2) is 31.3 Å². The normalized spacial score (nSPS) is 11.3. The molecule has 0 atom stereocenters. The Hall–Kier alpha value is -2.47. The zero-order valence-corrected chi connectivity index (χ0v) is 13.6. The number of nitrogens with zero attached hydrogens (tertiary/aromatic N) is 5. The van der Waals surface area contributed by atoms with Crippen molar-refractivity contribution in [2.24, 2.45) is 7.05 Å². The van der Waals surface area contributed by atoms with E-state index in [9.17, 15) is 4.39 Å². The molecule has 0 saturated carbocycles. The van der Waals surface area contributed by atoms with E-state index in [0.717, 1.165) is 35.9 Å². The van der Waals surface area contributed by atoms with Crippen LogP contribution in [0.25, 0.3) is 5.69 Å². The highest BCUT2D eigenvalue weighted by Crippen LogP contribution is 2.12. The number of aromatic nitrogens is 4. The predicted octanol–water partition coefficient (Wildman–Crippen LogP) is 2.69. The van der Waals surface area contributed by atoms with E-state index in [4.69, 9.17) is 0 Å². The standard InChI is InChI=1S/C17H20FN5/c1-13-20-16(12-22(13)3)11-21(2)9-14-8-19-23(10-14)17-6-4-15(18)5-7-17/h4-8,10,12H,9,11H2,1-3H3. The summed E-state index contributed by atoms with van der Waals surface area (Å²) in [5, 5.41) is 4.34. The van der Waals surface area contributed by atoms with Gasteiger partial charge < -0.3 is 4.57 Å². The second-order valence-corrected chi connectivity index (χ2v) is 5.83. The molecule has 0 N–H and O–H groups in total. The third-order valence-corrected chi connectivity index (χ3v) is 3.77. The Kier molecular flexibility index (Phi) is 4.25. The van der Waals surface area contributed by atoms with Crippen LogP contribution < -0.4 is 0 Å². The van der Waals surface area contributed by atoms with Gasteiger partial charge in [0.1, 0.15) is 11.6 Å². The molecule has 0 bridgehead atoms. The second kappa shape index (κ2) is 6.34. The molecule has 0 unspecified atom stereocenters. The quantitative estimate of drug-likeness (QED) is 0.727. The largest absolute Gasteiger partial charge is 0.338 e. The molecule has 120 valence electrons. The number of aryl methyl sites for hydroxylation is 2. The van der Waals surface area contributed by atoms with Gasteiger partial charge in [-0.05, 0) is 38.2 Å². The maximum atomic E-state index is 13.0. The summed E-state index contributed by atoms with van der Waals surface area (Å²) in [6.45, 7) is 3.55. The minimum atomic E-state index is -0.244. The number of hydrogen-bond donors (Lipinski definition) is 0. The highest BCUT2D eigenvalue weighted by atomic mass is 19.1. The fraction of sp³-hybridized carbons (Fsp3) is 0.294. The molecule has 0 radical (unpaired) electrons. The van der Waals surface area contributed by atoms with Gasteiger partial charge in [0, 0.05) is 38.1 Å². The summed E-state index contributed by atoms with van der Waals surface area (Å²) < 4.78 is 16.8. The Labute approximate surface area is 135 Å². The van der Waals surface area contributed by atoms with Gasteiger partial charge in [-0.25, -0.2) is 14.1 Å². The number of benzene rings is 1.